The quantitative estimate of drug-likeness (QED) is 0.175. The maximum absolute atomic E-state index is 13.9. The Morgan fingerprint density at radius 2 is 0.981 bits per heavy atom. The van der Waals surface area contributed by atoms with Crippen molar-refractivity contribution in [3.63, 3.8) is 0 Å². The van der Waals surface area contributed by atoms with E-state index in [-0.39, 0.29) is 5.56 Å². The zero-order valence-electron chi connectivity index (χ0n) is 28.4. The Morgan fingerprint density at radius 1 is 0.396 bits per heavy atom. The van der Waals surface area contributed by atoms with Crippen LogP contribution in [-0.2, 0) is 0 Å². The van der Waals surface area contributed by atoms with Crippen LogP contribution in [0.25, 0.3) is 110 Å². The summed E-state index contributed by atoms with van der Waals surface area (Å²) in [6.07, 6.45) is 0. The van der Waals surface area contributed by atoms with Crippen molar-refractivity contribution < 1.29 is 4.42 Å². The van der Waals surface area contributed by atoms with Crippen molar-refractivity contribution in [3.05, 3.63) is 180 Å². The monoisotopic (exact) mass is 676 g/mol. The van der Waals surface area contributed by atoms with E-state index in [1.165, 1.54) is 21.8 Å². The summed E-state index contributed by atoms with van der Waals surface area (Å²) >= 11 is 0. The summed E-state index contributed by atoms with van der Waals surface area (Å²) in [6, 6.07) is 59.7. The van der Waals surface area contributed by atoms with Gasteiger partial charge < -0.3 is 8.98 Å². The first-order chi connectivity index (χ1) is 26.2. The molecule has 53 heavy (non-hydrogen) atoms. The average molecular weight is 677 g/mol. The van der Waals surface area contributed by atoms with E-state index in [0.29, 0.717) is 0 Å². The first-order valence-electron chi connectivity index (χ1n) is 18.0. The van der Waals surface area contributed by atoms with Crippen LogP contribution < -0.4 is 5.56 Å². The number of benzene rings is 8. The zero-order chi connectivity index (χ0) is 34.8. The molecule has 0 radical (unpaired) electrons. The molecule has 4 heteroatoms. The predicted molar refractivity (Wildman–Crippen MR) is 220 cm³/mol. The summed E-state index contributed by atoms with van der Waals surface area (Å²) in [4.78, 5) is 13.9. The lowest BCUT2D eigenvalue weighted by atomic mass is 9.94. The van der Waals surface area contributed by atoms with Gasteiger partial charge in [0.15, 0.2) is 0 Å². The van der Waals surface area contributed by atoms with Crippen LogP contribution in [0.15, 0.2) is 179 Å². The molecule has 4 aromatic heterocycles. The van der Waals surface area contributed by atoms with Crippen LogP contribution in [0.1, 0.15) is 0 Å². The minimum atomic E-state index is 0.0183. The van der Waals surface area contributed by atoms with Crippen LogP contribution in [0.4, 0.5) is 0 Å². The van der Waals surface area contributed by atoms with Crippen LogP contribution in [0.3, 0.4) is 0 Å². The molecule has 0 atom stereocenters. The molecule has 0 saturated carbocycles. The van der Waals surface area contributed by atoms with Gasteiger partial charge in [-0.1, -0.05) is 103 Å². The smallest absolute Gasteiger partial charge is 0.263 e. The third-order valence-electron chi connectivity index (χ3n) is 11.2. The van der Waals surface area contributed by atoms with Gasteiger partial charge in [0.2, 0.25) is 0 Å². The second kappa shape index (κ2) is 10.4. The second-order valence-corrected chi connectivity index (χ2v) is 14.0. The van der Waals surface area contributed by atoms with Crippen molar-refractivity contribution in [2.24, 2.45) is 0 Å². The molecule has 0 unspecified atom stereocenters. The lowest BCUT2D eigenvalue weighted by molar-refractivity contribution is 0.669. The molecule has 0 saturated heterocycles. The first kappa shape index (κ1) is 28.5. The number of aromatic nitrogens is 2. The first-order valence-corrected chi connectivity index (χ1v) is 18.0. The lowest BCUT2D eigenvalue weighted by Crippen LogP contribution is -2.12. The summed E-state index contributed by atoms with van der Waals surface area (Å²) in [6.45, 7) is 0. The second-order valence-electron chi connectivity index (χ2n) is 14.0. The SMILES string of the molecule is O=c1c2ccccc2c2cc(-c3cccc4oc5ccc(-c6cccc(-n7c8ccccc8c8ccccc87)c6)cc5c34)cc3c4ccccc4n1c23. The van der Waals surface area contributed by atoms with Gasteiger partial charge in [0, 0.05) is 48.8 Å². The van der Waals surface area contributed by atoms with Crippen LogP contribution in [0, 0.1) is 0 Å². The number of hydrogen-bond donors (Lipinski definition) is 0. The summed E-state index contributed by atoms with van der Waals surface area (Å²) in [5.74, 6) is 0. The normalized spacial score (nSPS) is 12.2. The fraction of sp³-hybridized carbons (Fsp3) is 0. The molecule has 0 aliphatic rings. The van der Waals surface area contributed by atoms with Gasteiger partial charge in [-0.25, -0.2) is 0 Å². The molecule has 0 amide bonds. The molecule has 0 spiro atoms. The Hall–Kier alpha value is -7.17. The molecule has 12 aromatic rings. The number of furan rings is 1. The molecule has 4 heterocycles. The Labute approximate surface area is 302 Å². The van der Waals surface area contributed by atoms with Gasteiger partial charge in [0.25, 0.3) is 5.56 Å². The summed E-state index contributed by atoms with van der Waals surface area (Å²) in [5, 5.41) is 9.55. The van der Waals surface area contributed by atoms with Gasteiger partial charge >= 0.3 is 0 Å². The zero-order valence-corrected chi connectivity index (χ0v) is 28.4. The molecule has 0 bridgehead atoms. The van der Waals surface area contributed by atoms with Gasteiger partial charge in [0.1, 0.15) is 11.2 Å². The lowest BCUT2D eigenvalue weighted by Gasteiger charge is -2.11. The van der Waals surface area contributed by atoms with E-state index in [4.69, 9.17) is 4.42 Å². The number of hydrogen-bond acceptors (Lipinski definition) is 2. The Morgan fingerprint density at radius 3 is 1.74 bits per heavy atom. The molecule has 0 N–H and O–H groups in total. The van der Waals surface area contributed by atoms with Gasteiger partial charge in [0.05, 0.1) is 22.1 Å². The van der Waals surface area contributed by atoms with Crippen molar-refractivity contribution in [1.82, 2.24) is 8.97 Å². The maximum Gasteiger partial charge on any atom is 0.263 e. The predicted octanol–water partition coefficient (Wildman–Crippen LogP) is 12.5. The number of rotatable bonds is 3. The highest BCUT2D eigenvalue weighted by atomic mass is 16.3. The van der Waals surface area contributed by atoms with E-state index in [1.54, 1.807) is 0 Å². The Balaban J connectivity index is 1.09. The number of nitrogens with zero attached hydrogens (tertiary/aromatic N) is 2. The van der Waals surface area contributed by atoms with Crippen molar-refractivity contribution in [1.29, 1.82) is 0 Å². The minimum absolute atomic E-state index is 0.0183. The van der Waals surface area contributed by atoms with Gasteiger partial charge in [-0.3, -0.25) is 9.20 Å². The number of pyridine rings is 1. The largest absolute Gasteiger partial charge is 0.456 e. The molecular weight excluding hydrogens is 649 g/mol. The number of fused-ring (bicyclic) bond motifs is 11. The van der Waals surface area contributed by atoms with E-state index in [9.17, 15) is 4.79 Å². The van der Waals surface area contributed by atoms with Crippen molar-refractivity contribution >= 4 is 81.7 Å². The molecule has 4 nitrogen and oxygen atoms in total. The summed E-state index contributed by atoms with van der Waals surface area (Å²) in [5.41, 5.74) is 11.6. The third-order valence-corrected chi connectivity index (χ3v) is 11.2. The molecular formula is C49H28N2O2. The summed E-state index contributed by atoms with van der Waals surface area (Å²) < 4.78 is 10.8. The van der Waals surface area contributed by atoms with E-state index < -0.39 is 0 Å². The molecule has 8 aromatic carbocycles. The van der Waals surface area contributed by atoms with Crippen LogP contribution >= 0.6 is 0 Å². The highest BCUT2D eigenvalue weighted by Crippen LogP contribution is 2.43. The van der Waals surface area contributed by atoms with E-state index >= 15 is 0 Å². The average Bonchev–Trinajstić information content (AvgIpc) is 3.88. The highest BCUT2D eigenvalue weighted by molar-refractivity contribution is 6.23. The third kappa shape index (κ3) is 3.87. The minimum Gasteiger partial charge on any atom is -0.456 e. The highest BCUT2D eigenvalue weighted by Gasteiger charge is 2.21. The standard InChI is InChI=1S/C49H28N2O2/c52-49-38-17-2-1-13-34(38)39-27-31(28-40-37-16-5-8-21-44(37)51(49)48(39)40)33-18-10-22-46-47(33)41-26-30(23-24-45(41)53-46)29-11-9-12-32(25-29)50-42-19-6-3-14-35(42)36-15-4-7-20-43(36)50/h1-28H. The number of para-hydroxylation sites is 3. The van der Waals surface area contributed by atoms with E-state index in [2.05, 4.69) is 144 Å². The van der Waals surface area contributed by atoms with Crippen LogP contribution in [0.5, 0.6) is 0 Å². The van der Waals surface area contributed by atoms with E-state index in [0.717, 1.165) is 87.8 Å². The van der Waals surface area contributed by atoms with Crippen LogP contribution in [-0.4, -0.2) is 8.97 Å². The molecule has 0 fully saturated rings. The van der Waals surface area contributed by atoms with E-state index in [1.807, 2.05) is 34.7 Å². The van der Waals surface area contributed by atoms with Crippen molar-refractivity contribution in [2.45, 2.75) is 0 Å². The molecule has 246 valence electrons. The van der Waals surface area contributed by atoms with Gasteiger partial charge in [-0.15, -0.1) is 0 Å². The fourth-order valence-corrected chi connectivity index (χ4v) is 8.97. The fourth-order valence-electron chi connectivity index (χ4n) is 8.97. The molecule has 12 rings (SSSR count). The van der Waals surface area contributed by atoms with Gasteiger partial charge in [-0.05, 0) is 94.4 Å². The molecule has 0 aliphatic carbocycles. The van der Waals surface area contributed by atoms with Crippen molar-refractivity contribution in [2.75, 3.05) is 0 Å². The maximum atomic E-state index is 13.9. The summed E-state index contributed by atoms with van der Waals surface area (Å²) in [7, 11) is 0. The Kier molecular flexibility index (Phi) is 5.62. The Bertz CT molecular complexity index is 3490. The molecule has 0 aliphatic heterocycles. The van der Waals surface area contributed by atoms with Crippen LogP contribution in [0.2, 0.25) is 0 Å². The van der Waals surface area contributed by atoms with Gasteiger partial charge in [-0.2, -0.15) is 0 Å². The topological polar surface area (TPSA) is 39.5 Å². The van der Waals surface area contributed by atoms with Crippen molar-refractivity contribution in [3.8, 4) is 27.9 Å².